The third kappa shape index (κ3) is 84.5. The topological polar surface area (TPSA) is 0 Å². The van der Waals surface area contributed by atoms with Gasteiger partial charge in [-0.05, 0) is 0 Å². The van der Waals surface area contributed by atoms with Crippen LogP contribution in [0.4, 0.5) is 0 Å². The van der Waals surface area contributed by atoms with Crippen molar-refractivity contribution in [2.75, 3.05) is 0 Å². The Morgan fingerprint density at radius 1 is 0.667 bits per heavy atom. The van der Waals surface area contributed by atoms with Crippen molar-refractivity contribution in [2.24, 2.45) is 0 Å². The minimum absolute atomic E-state index is 0. The van der Waals surface area contributed by atoms with Gasteiger partial charge in [-0.25, -0.2) is 0 Å². The zero-order valence-corrected chi connectivity index (χ0v) is 12.9. The Balaban J connectivity index is -0.0000000133. The van der Waals surface area contributed by atoms with Gasteiger partial charge in [0, 0.05) is 0 Å². The van der Waals surface area contributed by atoms with E-state index in [0.717, 1.165) is 0 Å². The van der Waals surface area contributed by atoms with Gasteiger partial charge < -0.3 is 37.2 Å². The molecular weight excluding hydrogens is 642 g/mol. The first kappa shape index (κ1) is 29.4. The number of hydrogen-bond donors (Lipinski definition) is 0. The van der Waals surface area contributed by atoms with Crippen molar-refractivity contribution in [3.8, 4) is 0 Å². The molecule has 0 heterocycles. The molecule has 0 aromatic heterocycles. The summed E-state index contributed by atoms with van der Waals surface area (Å²) >= 11 is -3.00. The van der Waals surface area contributed by atoms with Crippen molar-refractivity contribution in [1.82, 2.24) is 0 Å². The second kappa shape index (κ2) is 14.1. The van der Waals surface area contributed by atoms with Gasteiger partial charge in [0.05, 0.1) is 0 Å². The second-order valence-corrected chi connectivity index (χ2v) is 19.0. The first-order valence-electron chi connectivity index (χ1n) is 0.456. The molecule has 9 heavy (non-hydrogen) atoms. The van der Waals surface area contributed by atoms with E-state index in [0.29, 0.717) is 0 Å². The molecule has 0 aliphatic carbocycles. The van der Waals surface area contributed by atoms with Gasteiger partial charge >= 0.3 is 71.9 Å². The number of hydrogen-bond acceptors (Lipinski definition) is 0. The summed E-state index contributed by atoms with van der Waals surface area (Å²) in [7, 11) is 20.0. The standard InChI is InChI=1S/2Au.7ClH/h;;7*1H/q+3;+4;;;;;;;/p-7. The normalized spacial score (nSPS) is 8.44. The molecule has 71 valence electrons. The van der Waals surface area contributed by atoms with Crippen molar-refractivity contribution >= 4 is 36.8 Å². The van der Waals surface area contributed by atoms with E-state index in [4.69, 9.17) is 36.8 Å². The van der Waals surface area contributed by atoms with Gasteiger partial charge in [-0.1, -0.05) is 0 Å². The Hall–Kier alpha value is 3.51. The molecule has 0 aliphatic rings. The number of halogens is 7. The quantitative estimate of drug-likeness (QED) is 0.231. The summed E-state index contributed by atoms with van der Waals surface area (Å²) in [5.74, 6) is 0. The van der Waals surface area contributed by atoms with Gasteiger partial charge in [0.1, 0.15) is 0 Å². The molecule has 0 aliphatic heterocycles. The van der Waals surface area contributed by atoms with Crippen LogP contribution in [0.1, 0.15) is 0 Å². The molecule has 0 fully saturated rings. The van der Waals surface area contributed by atoms with Gasteiger partial charge in [-0.2, -0.15) is 0 Å². The van der Waals surface area contributed by atoms with Crippen molar-refractivity contribution in [1.29, 1.82) is 0 Å². The fourth-order valence-corrected chi connectivity index (χ4v) is 0. The van der Waals surface area contributed by atoms with Gasteiger partial charge in [0.15, 0.2) is 0 Å². The van der Waals surface area contributed by atoms with Crippen LogP contribution in [0.25, 0.3) is 0 Å². The Morgan fingerprint density at radius 2 is 0.667 bits per heavy atom. The maximum absolute atomic E-state index is 5.00. The van der Waals surface area contributed by atoms with Crippen molar-refractivity contribution in [3.05, 3.63) is 0 Å². The summed E-state index contributed by atoms with van der Waals surface area (Å²) in [4.78, 5) is 0. The third-order valence-electron chi connectivity index (χ3n) is 0. The van der Waals surface area contributed by atoms with Crippen LogP contribution < -0.4 is 37.2 Å². The van der Waals surface area contributed by atoms with Crippen LogP contribution in [0.2, 0.25) is 0 Å². The van der Waals surface area contributed by atoms with Gasteiger partial charge in [-0.3, -0.25) is 0 Å². The van der Waals surface area contributed by atoms with E-state index in [9.17, 15) is 0 Å². The molecule has 0 nitrogen and oxygen atoms in total. The molecule has 0 saturated heterocycles. The molecule has 0 bridgehead atoms. The molecule has 0 atom stereocenters. The van der Waals surface area contributed by atoms with Crippen LogP contribution in [-0.4, -0.2) is 0 Å². The summed E-state index contributed by atoms with van der Waals surface area (Å²) < 4.78 is 0. The first-order valence-corrected chi connectivity index (χ1v) is 11.2. The van der Waals surface area contributed by atoms with Crippen molar-refractivity contribution < 1.29 is 72.4 Å². The molecule has 0 radical (unpaired) electrons. The van der Waals surface area contributed by atoms with Gasteiger partial charge in [0.25, 0.3) is 0 Å². The van der Waals surface area contributed by atoms with Gasteiger partial charge in [0.2, 0.25) is 0 Å². The van der Waals surface area contributed by atoms with Crippen molar-refractivity contribution in [2.45, 2.75) is 0 Å². The average molecular weight is 642 g/mol. The van der Waals surface area contributed by atoms with Crippen LogP contribution in [0, 0.1) is 0 Å². The van der Waals surface area contributed by atoms with E-state index >= 15 is 0 Å². The number of rotatable bonds is 0. The van der Waals surface area contributed by atoms with E-state index in [-0.39, 0.29) is 59.6 Å². The molecule has 9 heteroatoms. The zero-order chi connectivity index (χ0) is 4.50. The molecule has 0 saturated carbocycles. The van der Waals surface area contributed by atoms with E-state index < -0.39 is 12.8 Å². The Kier molecular flexibility index (Phi) is 45.9. The molecule has 0 rings (SSSR count). The summed E-state index contributed by atoms with van der Waals surface area (Å²) in [6, 6.07) is 0. The Bertz CT molecular complexity index is 22.4. The molecular formula is Au2Cl7. The second-order valence-electron chi connectivity index (χ2n) is 0.258. The molecule has 0 N–H and O–H groups in total. The summed E-state index contributed by atoms with van der Waals surface area (Å²) in [6.07, 6.45) is 0. The summed E-state index contributed by atoms with van der Waals surface area (Å²) in [6.45, 7) is 0. The molecule has 0 spiro atoms. The maximum atomic E-state index is 5.00. The molecule has 0 aromatic carbocycles. The minimum atomic E-state index is -3.00. The van der Waals surface area contributed by atoms with Crippen LogP contribution in [0.5, 0.6) is 0 Å². The van der Waals surface area contributed by atoms with Crippen LogP contribution in [0.3, 0.4) is 0 Å². The van der Waals surface area contributed by atoms with Crippen LogP contribution >= 0.6 is 36.8 Å². The summed E-state index contributed by atoms with van der Waals surface area (Å²) in [5, 5.41) is 0. The van der Waals surface area contributed by atoms with E-state index in [1.165, 1.54) is 0 Å². The molecule has 0 unspecified atom stereocenters. The van der Waals surface area contributed by atoms with E-state index in [1.54, 1.807) is 0 Å². The van der Waals surface area contributed by atoms with E-state index in [2.05, 4.69) is 0 Å². The predicted octanol–water partition coefficient (Wildman–Crippen LogP) is -6.24. The first-order chi connectivity index (χ1) is 2.00. The fourth-order valence-electron chi connectivity index (χ4n) is 0. The Labute approximate surface area is 107 Å². The summed E-state index contributed by atoms with van der Waals surface area (Å²) in [5.41, 5.74) is 0. The van der Waals surface area contributed by atoms with Crippen molar-refractivity contribution in [3.63, 3.8) is 0 Å². The molecule has 0 aromatic rings. The zero-order valence-electron chi connectivity index (χ0n) is 3.25. The predicted molar refractivity (Wildman–Crippen MR) is 23.4 cm³/mol. The van der Waals surface area contributed by atoms with Gasteiger partial charge in [-0.15, -0.1) is 0 Å². The fraction of sp³-hybridized carbons (Fsp3) is 0. The third-order valence-corrected chi connectivity index (χ3v) is 0. The average Bonchev–Trinajstić information content (AvgIpc) is 0.722. The van der Waals surface area contributed by atoms with Crippen LogP contribution in [0.15, 0.2) is 0 Å². The SMILES string of the molecule is [Au+3].[Cl-].[Cl-].[Cl-].[Cl][Au]([Cl])([Cl])[Cl]. The molecule has 0 amide bonds. The van der Waals surface area contributed by atoms with Crippen LogP contribution in [-0.2, 0) is 35.2 Å². The van der Waals surface area contributed by atoms with E-state index in [1.807, 2.05) is 0 Å². The monoisotopic (exact) mass is 639 g/mol. The Morgan fingerprint density at radius 3 is 0.667 bits per heavy atom.